The van der Waals surface area contributed by atoms with Crippen molar-refractivity contribution in [1.29, 1.82) is 0 Å². The molecular weight excluding hydrogens is 624 g/mol. The first-order valence-corrected chi connectivity index (χ1v) is 15.3. The molecule has 5 aromatic rings. The molecule has 0 aliphatic carbocycles. The number of carbonyl (C=O) groups is 1. The maximum atomic E-state index is 14.2. The highest BCUT2D eigenvalue weighted by molar-refractivity contribution is 7.07. The maximum absolute atomic E-state index is 14.2. The van der Waals surface area contributed by atoms with E-state index in [0.717, 1.165) is 12.1 Å². The van der Waals surface area contributed by atoms with E-state index in [4.69, 9.17) is 19.2 Å². The summed E-state index contributed by atoms with van der Waals surface area (Å²) in [5.41, 5.74) is 3.08. The normalized spacial score (nSPS) is 14.3. The summed E-state index contributed by atoms with van der Waals surface area (Å²) in [5, 5.41) is 2.94. The number of methoxy groups -OCH3 is 2. The predicted molar refractivity (Wildman–Crippen MR) is 176 cm³/mol. The van der Waals surface area contributed by atoms with Crippen LogP contribution in [-0.4, -0.2) is 24.7 Å². The molecule has 0 saturated heterocycles. The molecule has 1 atom stereocenters. The minimum absolute atomic E-state index is 0.0643. The molecule has 0 bridgehead atoms. The van der Waals surface area contributed by atoms with Gasteiger partial charge in [0.2, 0.25) is 0 Å². The second-order valence-corrected chi connectivity index (χ2v) is 11.6. The second kappa shape index (κ2) is 13.4. The zero-order chi connectivity index (χ0) is 33.1. The Labute approximate surface area is 272 Å². The van der Waals surface area contributed by atoms with Crippen molar-refractivity contribution in [2.75, 3.05) is 19.5 Å². The molecule has 8 nitrogen and oxygen atoms in total. The first-order chi connectivity index (χ1) is 22.7. The number of amides is 1. The molecule has 11 heteroatoms. The molecule has 1 aliphatic rings. The number of anilines is 1. The molecular formula is C36H29F2N3O5S. The van der Waals surface area contributed by atoms with Gasteiger partial charge in [-0.15, -0.1) is 0 Å². The van der Waals surface area contributed by atoms with Gasteiger partial charge in [0.15, 0.2) is 16.4 Å². The highest BCUT2D eigenvalue weighted by atomic mass is 32.1. The molecule has 1 aromatic heterocycles. The summed E-state index contributed by atoms with van der Waals surface area (Å²) in [6, 6.07) is 23.9. The smallest absolute Gasteiger partial charge is 0.271 e. The summed E-state index contributed by atoms with van der Waals surface area (Å²) in [7, 11) is 3.07. The van der Waals surface area contributed by atoms with Crippen LogP contribution in [-0.2, 0) is 11.4 Å². The van der Waals surface area contributed by atoms with Gasteiger partial charge in [-0.3, -0.25) is 14.2 Å². The van der Waals surface area contributed by atoms with Crippen LogP contribution >= 0.6 is 11.3 Å². The molecule has 6 rings (SSSR count). The number of para-hydroxylation sites is 1. The zero-order valence-corrected chi connectivity index (χ0v) is 26.4. The lowest BCUT2D eigenvalue weighted by Crippen LogP contribution is -2.40. The van der Waals surface area contributed by atoms with Gasteiger partial charge >= 0.3 is 0 Å². The Bertz CT molecular complexity index is 2180. The number of fused-ring (bicyclic) bond motifs is 1. The number of thiazole rings is 1. The average Bonchev–Trinajstić information content (AvgIpc) is 3.37. The lowest BCUT2D eigenvalue weighted by Gasteiger charge is -2.25. The summed E-state index contributed by atoms with van der Waals surface area (Å²) < 4.78 is 45.9. The van der Waals surface area contributed by atoms with Crippen LogP contribution in [0.2, 0.25) is 0 Å². The average molecular weight is 654 g/mol. The minimum atomic E-state index is -0.820. The van der Waals surface area contributed by atoms with Crippen molar-refractivity contribution < 1.29 is 27.8 Å². The number of ether oxygens (including phenoxy) is 3. The van der Waals surface area contributed by atoms with Gasteiger partial charge in [0, 0.05) is 17.3 Å². The Morgan fingerprint density at radius 3 is 2.40 bits per heavy atom. The molecule has 1 amide bonds. The summed E-state index contributed by atoms with van der Waals surface area (Å²) in [4.78, 5) is 33.0. The van der Waals surface area contributed by atoms with Gasteiger partial charge in [0.05, 0.1) is 36.1 Å². The number of nitrogens with one attached hydrogen (secondary N) is 1. The van der Waals surface area contributed by atoms with Crippen LogP contribution in [0.3, 0.4) is 0 Å². The number of halogens is 2. The van der Waals surface area contributed by atoms with Crippen molar-refractivity contribution in [3.63, 3.8) is 0 Å². The number of rotatable bonds is 9. The van der Waals surface area contributed by atoms with Gasteiger partial charge in [-0.05, 0) is 72.7 Å². The first kappa shape index (κ1) is 31.4. The molecule has 0 radical (unpaired) electrons. The van der Waals surface area contributed by atoms with E-state index in [1.54, 1.807) is 62.6 Å². The molecule has 4 aromatic carbocycles. The minimum Gasteiger partial charge on any atom is -0.497 e. The van der Waals surface area contributed by atoms with E-state index in [0.29, 0.717) is 54.5 Å². The third-order valence-electron chi connectivity index (χ3n) is 7.61. The summed E-state index contributed by atoms with van der Waals surface area (Å²) in [6.45, 7) is 1.69. The quantitative estimate of drug-likeness (QED) is 0.219. The van der Waals surface area contributed by atoms with E-state index in [2.05, 4.69) is 5.32 Å². The van der Waals surface area contributed by atoms with Crippen molar-refractivity contribution in [1.82, 2.24) is 4.57 Å². The van der Waals surface area contributed by atoms with E-state index in [-0.39, 0.29) is 23.8 Å². The predicted octanol–water partition coefficient (Wildman–Crippen LogP) is 5.75. The van der Waals surface area contributed by atoms with Crippen LogP contribution in [0.4, 0.5) is 14.5 Å². The topological polar surface area (TPSA) is 91.2 Å². The van der Waals surface area contributed by atoms with Gasteiger partial charge in [-0.1, -0.05) is 47.7 Å². The number of allylic oxidation sites excluding steroid dienone is 1. The van der Waals surface area contributed by atoms with E-state index >= 15 is 0 Å². The first-order valence-electron chi connectivity index (χ1n) is 14.5. The van der Waals surface area contributed by atoms with E-state index < -0.39 is 17.7 Å². The molecule has 0 spiro atoms. The number of nitrogens with zero attached hydrogens (tertiary/aromatic N) is 2. The van der Waals surface area contributed by atoms with Gasteiger partial charge in [0.25, 0.3) is 11.5 Å². The van der Waals surface area contributed by atoms with Crippen molar-refractivity contribution in [2.45, 2.75) is 19.6 Å². The lowest BCUT2D eigenvalue weighted by atomic mass is 9.95. The lowest BCUT2D eigenvalue weighted by molar-refractivity contribution is -0.113. The fraction of sp³-hybridized carbons (Fsp3) is 0.139. The summed E-state index contributed by atoms with van der Waals surface area (Å²) in [6.07, 6.45) is 1.72. The molecule has 238 valence electrons. The maximum Gasteiger partial charge on any atom is 0.271 e. The highest BCUT2D eigenvalue weighted by Gasteiger charge is 2.32. The Balaban J connectivity index is 1.40. The summed E-state index contributed by atoms with van der Waals surface area (Å²) >= 11 is 1.20. The van der Waals surface area contributed by atoms with Crippen molar-refractivity contribution in [3.05, 3.63) is 150 Å². The van der Waals surface area contributed by atoms with Crippen molar-refractivity contribution in [3.8, 4) is 17.2 Å². The van der Waals surface area contributed by atoms with E-state index in [9.17, 15) is 18.4 Å². The van der Waals surface area contributed by atoms with Crippen LogP contribution in [0.25, 0.3) is 6.08 Å². The van der Waals surface area contributed by atoms with Crippen LogP contribution < -0.4 is 34.4 Å². The molecule has 47 heavy (non-hydrogen) atoms. The monoisotopic (exact) mass is 653 g/mol. The molecule has 0 saturated carbocycles. The molecule has 0 fully saturated rings. The third kappa shape index (κ3) is 6.56. The van der Waals surface area contributed by atoms with Crippen LogP contribution in [0.15, 0.2) is 112 Å². The Kier molecular flexibility index (Phi) is 8.99. The number of hydrogen-bond acceptors (Lipinski definition) is 7. The van der Waals surface area contributed by atoms with E-state index in [1.807, 2.05) is 30.3 Å². The fourth-order valence-electron chi connectivity index (χ4n) is 5.33. The SMILES string of the molecule is COc1ccc(C2C(C(=O)Nc3ccccc3)=C(C)N=c3sc(=Cc4ccc(OC)c(COc5ccc(F)cc5F)c4)c(=O)n32)cc1. The Morgan fingerprint density at radius 2 is 1.70 bits per heavy atom. The highest BCUT2D eigenvalue weighted by Crippen LogP contribution is 2.32. The molecule has 1 N–H and O–H groups in total. The second-order valence-electron chi connectivity index (χ2n) is 10.6. The fourth-order valence-corrected chi connectivity index (χ4v) is 6.38. The molecule has 1 unspecified atom stereocenters. The Hall–Kier alpha value is -5.55. The largest absolute Gasteiger partial charge is 0.497 e. The van der Waals surface area contributed by atoms with Gasteiger partial charge < -0.3 is 19.5 Å². The van der Waals surface area contributed by atoms with Crippen molar-refractivity contribution in [2.24, 2.45) is 4.99 Å². The Morgan fingerprint density at radius 1 is 0.957 bits per heavy atom. The van der Waals surface area contributed by atoms with Crippen LogP contribution in [0, 0.1) is 11.6 Å². The summed E-state index contributed by atoms with van der Waals surface area (Å²) in [5.74, 6) is -0.865. The number of aromatic nitrogens is 1. The van der Waals surface area contributed by atoms with Crippen molar-refractivity contribution >= 4 is 29.0 Å². The van der Waals surface area contributed by atoms with Gasteiger partial charge in [-0.25, -0.2) is 13.8 Å². The van der Waals surface area contributed by atoms with E-state index in [1.165, 1.54) is 29.1 Å². The molecule has 2 heterocycles. The standard InChI is InChI=1S/C36H29F2N3O5S/c1-21-32(34(42)40-26-7-5-4-6-8-26)33(23-10-13-27(44-2)14-11-23)41-35(43)31(47-36(41)39-21)18-22-9-15-29(45-3)24(17-22)20-46-30-16-12-25(37)19-28(30)38/h4-19,33H,20H2,1-3H3,(H,40,42). The van der Waals surface area contributed by atoms with Gasteiger partial charge in [0.1, 0.15) is 23.9 Å². The number of hydrogen-bond donors (Lipinski definition) is 1. The van der Waals surface area contributed by atoms with Crippen LogP contribution in [0.5, 0.6) is 17.2 Å². The molecule has 1 aliphatic heterocycles. The third-order valence-corrected chi connectivity index (χ3v) is 8.59. The number of carbonyl (C=O) groups excluding carboxylic acids is 1. The van der Waals surface area contributed by atoms with Gasteiger partial charge in [-0.2, -0.15) is 0 Å². The number of benzene rings is 4. The van der Waals surface area contributed by atoms with Crippen LogP contribution in [0.1, 0.15) is 29.7 Å². The zero-order valence-electron chi connectivity index (χ0n) is 25.6.